The molecule has 0 aromatic heterocycles. The van der Waals surface area contributed by atoms with Gasteiger partial charge in [0.05, 0.1) is 12.0 Å². The Balaban J connectivity index is 1.52. The first kappa shape index (κ1) is 28.2. The van der Waals surface area contributed by atoms with Gasteiger partial charge in [-0.25, -0.2) is 0 Å². The summed E-state index contributed by atoms with van der Waals surface area (Å²) in [4.78, 5) is 26.0. The number of nitrogens with zero attached hydrogens (tertiary/aromatic N) is 1. The van der Waals surface area contributed by atoms with Gasteiger partial charge in [0.25, 0.3) is 5.91 Å². The smallest absolute Gasteiger partial charge is 0.416 e. The SMILES string of the molecule is CC(C)c1ccc(CC2(C)Cc3cc(C(=O)N(CCC(=O)O)Cc4cccc(C(F)(F)F)c4)ccc3O2)cc1. The standard InChI is InChI=1S/C31H32F3NO4/c1-20(2)23-9-7-21(8-10-23)17-30(3)18-25-16-24(11-12-27(25)39-30)29(38)35(14-13-28(36)37)19-22-5-4-6-26(15-22)31(32,33)34/h4-12,15-16,20H,13-14,17-19H2,1-3H3,(H,36,37). The van der Waals surface area contributed by atoms with Crippen molar-refractivity contribution >= 4 is 11.9 Å². The number of amides is 1. The minimum atomic E-state index is -4.52. The number of ether oxygens (including phenoxy) is 1. The summed E-state index contributed by atoms with van der Waals surface area (Å²) >= 11 is 0. The summed E-state index contributed by atoms with van der Waals surface area (Å²) in [5, 5.41) is 9.18. The molecule has 1 unspecified atom stereocenters. The van der Waals surface area contributed by atoms with Crippen molar-refractivity contribution in [3.05, 3.63) is 100 Å². The summed E-state index contributed by atoms with van der Waals surface area (Å²) in [6.07, 6.45) is -3.58. The Morgan fingerprint density at radius 1 is 1.03 bits per heavy atom. The molecule has 0 fully saturated rings. The Bertz CT molecular complexity index is 1350. The van der Waals surface area contributed by atoms with E-state index in [4.69, 9.17) is 4.74 Å². The lowest BCUT2D eigenvalue weighted by atomic mass is 9.90. The molecule has 4 rings (SSSR count). The van der Waals surface area contributed by atoms with Gasteiger partial charge in [-0.1, -0.05) is 50.2 Å². The molecule has 8 heteroatoms. The van der Waals surface area contributed by atoms with Crippen LogP contribution in [0.4, 0.5) is 13.2 Å². The Hall–Kier alpha value is -3.81. The Morgan fingerprint density at radius 3 is 2.38 bits per heavy atom. The van der Waals surface area contributed by atoms with Crippen molar-refractivity contribution < 1.29 is 32.6 Å². The molecule has 1 N–H and O–H groups in total. The first-order chi connectivity index (χ1) is 18.3. The number of carboxylic acids is 1. The van der Waals surface area contributed by atoms with Gasteiger partial charge >= 0.3 is 12.1 Å². The third-order valence-electron chi connectivity index (χ3n) is 6.96. The fourth-order valence-corrected chi connectivity index (χ4v) is 4.94. The number of aliphatic carboxylic acids is 1. The van der Waals surface area contributed by atoms with Crippen LogP contribution in [-0.2, 0) is 30.4 Å². The van der Waals surface area contributed by atoms with Crippen LogP contribution in [0.2, 0.25) is 0 Å². The number of halogens is 3. The highest BCUT2D eigenvalue weighted by Gasteiger charge is 2.36. The van der Waals surface area contributed by atoms with E-state index < -0.39 is 29.2 Å². The van der Waals surface area contributed by atoms with E-state index in [2.05, 4.69) is 38.1 Å². The minimum absolute atomic E-state index is 0.137. The molecule has 0 radical (unpaired) electrons. The van der Waals surface area contributed by atoms with E-state index in [9.17, 15) is 27.9 Å². The van der Waals surface area contributed by atoms with Crippen LogP contribution < -0.4 is 4.74 Å². The molecule has 1 aliphatic heterocycles. The van der Waals surface area contributed by atoms with Gasteiger partial charge in [0.15, 0.2) is 0 Å². The van der Waals surface area contributed by atoms with Crippen LogP contribution in [0.5, 0.6) is 5.75 Å². The van der Waals surface area contributed by atoms with E-state index >= 15 is 0 Å². The van der Waals surface area contributed by atoms with E-state index in [-0.39, 0.29) is 25.1 Å². The van der Waals surface area contributed by atoms with Gasteiger partial charge in [-0.3, -0.25) is 9.59 Å². The number of hydrogen-bond acceptors (Lipinski definition) is 3. The first-order valence-corrected chi connectivity index (χ1v) is 12.9. The number of rotatable bonds is 9. The zero-order valence-electron chi connectivity index (χ0n) is 22.2. The fraction of sp³-hybridized carbons (Fsp3) is 0.355. The molecule has 0 saturated carbocycles. The molecule has 1 atom stereocenters. The molecule has 0 spiro atoms. The lowest BCUT2D eigenvalue weighted by molar-refractivity contribution is -0.138. The summed E-state index contributed by atoms with van der Waals surface area (Å²) in [5.74, 6) is -0.422. The zero-order chi connectivity index (χ0) is 28.4. The summed E-state index contributed by atoms with van der Waals surface area (Å²) in [7, 11) is 0. The molecule has 1 heterocycles. The van der Waals surface area contributed by atoms with E-state index in [1.807, 2.05) is 6.92 Å². The zero-order valence-corrected chi connectivity index (χ0v) is 22.2. The Morgan fingerprint density at radius 2 is 1.74 bits per heavy atom. The molecular formula is C31H32F3NO4. The molecule has 3 aromatic carbocycles. The third-order valence-corrected chi connectivity index (χ3v) is 6.96. The summed E-state index contributed by atoms with van der Waals surface area (Å²) in [5.41, 5.74) is 2.55. The van der Waals surface area contributed by atoms with Gasteiger partial charge in [-0.2, -0.15) is 13.2 Å². The number of carboxylic acid groups (broad SMARTS) is 1. The maximum absolute atomic E-state index is 13.5. The molecular weight excluding hydrogens is 507 g/mol. The normalized spacial score (nSPS) is 16.6. The average molecular weight is 540 g/mol. The lowest BCUT2D eigenvalue weighted by Gasteiger charge is -2.24. The van der Waals surface area contributed by atoms with Crippen molar-refractivity contribution in [3.8, 4) is 5.75 Å². The fourth-order valence-electron chi connectivity index (χ4n) is 4.94. The van der Waals surface area contributed by atoms with Crippen LogP contribution in [0, 0.1) is 0 Å². The molecule has 0 aliphatic carbocycles. The van der Waals surface area contributed by atoms with Crippen molar-refractivity contribution in [3.63, 3.8) is 0 Å². The van der Waals surface area contributed by atoms with Crippen molar-refractivity contribution in [2.75, 3.05) is 6.54 Å². The third kappa shape index (κ3) is 6.99. The largest absolute Gasteiger partial charge is 0.487 e. The number of benzene rings is 3. The maximum Gasteiger partial charge on any atom is 0.416 e. The molecule has 1 amide bonds. The van der Waals surface area contributed by atoms with Gasteiger partial charge < -0.3 is 14.7 Å². The van der Waals surface area contributed by atoms with Crippen molar-refractivity contribution in [2.45, 2.75) is 64.3 Å². The molecule has 5 nitrogen and oxygen atoms in total. The number of fused-ring (bicyclic) bond motifs is 1. The Labute approximate surface area is 226 Å². The van der Waals surface area contributed by atoms with E-state index in [0.717, 1.165) is 23.3 Å². The van der Waals surface area contributed by atoms with Gasteiger partial charge in [0.1, 0.15) is 11.4 Å². The molecule has 206 valence electrons. The maximum atomic E-state index is 13.5. The van der Waals surface area contributed by atoms with Gasteiger partial charge in [-0.15, -0.1) is 0 Å². The van der Waals surface area contributed by atoms with Gasteiger partial charge in [-0.05, 0) is 65.4 Å². The molecule has 0 saturated heterocycles. The van der Waals surface area contributed by atoms with Crippen molar-refractivity contribution in [1.29, 1.82) is 0 Å². The van der Waals surface area contributed by atoms with Crippen LogP contribution in [-0.4, -0.2) is 34.0 Å². The second-order valence-corrected chi connectivity index (χ2v) is 10.7. The topological polar surface area (TPSA) is 66.8 Å². The molecule has 39 heavy (non-hydrogen) atoms. The highest BCUT2D eigenvalue weighted by atomic mass is 19.4. The van der Waals surface area contributed by atoms with Crippen LogP contribution >= 0.6 is 0 Å². The number of carbonyl (C=O) groups is 2. The van der Waals surface area contributed by atoms with Gasteiger partial charge in [0.2, 0.25) is 0 Å². The van der Waals surface area contributed by atoms with E-state index in [1.165, 1.54) is 22.6 Å². The highest BCUT2D eigenvalue weighted by Crippen LogP contribution is 2.38. The molecule has 0 bridgehead atoms. The second kappa shape index (κ2) is 11.1. The van der Waals surface area contributed by atoms with Crippen LogP contribution in [0.15, 0.2) is 66.7 Å². The highest BCUT2D eigenvalue weighted by molar-refractivity contribution is 5.95. The quantitative estimate of drug-likeness (QED) is 0.322. The first-order valence-electron chi connectivity index (χ1n) is 12.9. The van der Waals surface area contributed by atoms with Crippen LogP contribution in [0.1, 0.15) is 71.3 Å². The van der Waals surface area contributed by atoms with Crippen molar-refractivity contribution in [1.82, 2.24) is 4.90 Å². The van der Waals surface area contributed by atoms with Crippen LogP contribution in [0.3, 0.4) is 0 Å². The second-order valence-electron chi connectivity index (χ2n) is 10.7. The number of carbonyl (C=O) groups excluding carboxylic acids is 1. The number of hydrogen-bond donors (Lipinski definition) is 1. The lowest BCUT2D eigenvalue weighted by Crippen LogP contribution is -2.33. The summed E-state index contributed by atoms with van der Waals surface area (Å²) in [6.45, 7) is 6.04. The van der Waals surface area contributed by atoms with E-state index in [1.54, 1.807) is 18.2 Å². The predicted molar refractivity (Wildman–Crippen MR) is 142 cm³/mol. The molecule has 3 aromatic rings. The Kier molecular flexibility index (Phi) is 8.04. The van der Waals surface area contributed by atoms with Crippen LogP contribution in [0.25, 0.3) is 0 Å². The number of alkyl halides is 3. The average Bonchev–Trinajstić information content (AvgIpc) is 3.20. The molecule has 1 aliphatic rings. The minimum Gasteiger partial charge on any atom is -0.487 e. The monoisotopic (exact) mass is 539 g/mol. The summed E-state index contributed by atoms with van der Waals surface area (Å²) in [6, 6.07) is 18.3. The van der Waals surface area contributed by atoms with Crippen molar-refractivity contribution in [2.24, 2.45) is 0 Å². The predicted octanol–water partition coefficient (Wildman–Crippen LogP) is 6.88. The summed E-state index contributed by atoms with van der Waals surface area (Å²) < 4.78 is 45.9. The van der Waals surface area contributed by atoms with Gasteiger partial charge in [0, 0.05) is 31.5 Å². The van der Waals surface area contributed by atoms with E-state index in [0.29, 0.717) is 30.1 Å².